The van der Waals surface area contributed by atoms with Gasteiger partial charge in [0, 0.05) is 23.9 Å². The van der Waals surface area contributed by atoms with Crippen LogP contribution in [0.4, 0.5) is 0 Å². The number of nitrogens with one attached hydrogen (secondary N) is 1. The standard InChI is InChI=1S/C16H18N2O3/c1-12-6-5-9-18(16(12)20)11-15(19)17-10-13-7-3-4-8-14(13)21-2/h3-9H,10-11H2,1-2H3,(H,17,19). The summed E-state index contributed by atoms with van der Waals surface area (Å²) >= 11 is 0. The largest absolute Gasteiger partial charge is 0.496 e. The second-order valence-electron chi connectivity index (χ2n) is 4.71. The number of amides is 1. The van der Waals surface area contributed by atoms with E-state index in [1.807, 2.05) is 24.3 Å². The average Bonchev–Trinajstić information content (AvgIpc) is 2.50. The van der Waals surface area contributed by atoms with E-state index in [0.717, 1.165) is 11.3 Å². The van der Waals surface area contributed by atoms with Gasteiger partial charge in [0.2, 0.25) is 5.91 Å². The molecule has 0 atom stereocenters. The minimum absolute atomic E-state index is 0.00959. The Balaban J connectivity index is 1.99. The van der Waals surface area contributed by atoms with E-state index in [9.17, 15) is 9.59 Å². The molecule has 0 unspecified atom stereocenters. The smallest absolute Gasteiger partial charge is 0.253 e. The topological polar surface area (TPSA) is 60.3 Å². The lowest BCUT2D eigenvalue weighted by molar-refractivity contribution is -0.121. The normalized spacial score (nSPS) is 10.2. The Bertz CT molecular complexity index is 692. The van der Waals surface area contributed by atoms with E-state index in [4.69, 9.17) is 4.74 Å². The molecule has 2 aromatic rings. The third-order valence-corrected chi connectivity index (χ3v) is 3.19. The molecule has 21 heavy (non-hydrogen) atoms. The highest BCUT2D eigenvalue weighted by molar-refractivity contribution is 5.75. The third kappa shape index (κ3) is 3.72. The van der Waals surface area contributed by atoms with E-state index in [-0.39, 0.29) is 18.0 Å². The van der Waals surface area contributed by atoms with Crippen molar-refractivity contribution in [1.82, 2.24) is 9.88 Å². The molecule has 1 amide bonds. The number of aromatic nitrogens is 1. The first-order valence-corrected chi connectivity index (χ1v) is 6.66. The predicted molar refractivity (Wildman–Crippen MR) is 80.3 cm³/mol. The van der Waals surface area contributed by atoms with Gasteiger partial charge >= 0.3 is 0 Å². The van der Waals surface area contributed by atoms with Crippen LogP contribution in [0.1, 0.15) is 11.1 Å². The van der Waals surface area contributed by atoms with E-state index >= 15 is 0 Å². The number of ether oxygens (including phenoxy) is 1. The highest BCUT2D eigenvalue weighted by Gasteiger charge is 2.07. The van der Waals surface area contributed by atoms with Crippen LogP contribution in [0.15, 0.2) is 47.4 Å². The van der Waals surface area contributed by atoms with E-state index < -0.39 is 0 Å². The third-order valence-electron chi connectivity index (χ3n) is 3.19. The molecule has 0 fully saturated rings. The van der Waals surface area contributed by atoms with Gasteiger partial charge in [0.05, 0.1) is 7.11 Å². The number of para-hydroxylation sites is 1. The number of pyridine rings is 1. The molecule has 5 heteroatoms. The molecule has 0 radical (unpaired) electrons. The van der Waals surface area contributed by atoms with Crippen molar-refractivity contribution in [3.63, 3.8) is 0 Å². The van der Waals surface area contributed by atoms with Crippen molar-refractivity contribution >= 4 is 5.91 Å². The van der Waals surface area contributed by atoms with Crippen molar-refractivity contribution < 1.29 is 9.53 Å². The number of carbonyl (C=O) groups excluding carboxylic acids is 1. The van der Waals surface area contributed by atoms with Gasteiger partial charge in [-0.15, -0.1) is 0 Å². The van der Waals surface area contributed by atoms with Gasteiger partial charge < -0.3 is 14.6 Å². The van der Waals surface area contributed by atoms with E-state index in [1.54, 1.807) is 32.4 Å². The quantitative estimate of drug-likeness (QED) is 0.905. The maximum absolute atomic E-state index is 11.9. The predicted octanol–water partition coefficient (Wildman–Crippen LogP) is 1.48. The Labute approximate surface area is 123 Å². The van der Waals surface area contributed by atoms with Crippen molar-refractivity contribution in [2.24, 2.45) is 0 Å². The van der Waals surface area contributed by atoms with Crippen molar-refractivity contribution in [3.8, 4) is 5.75 Å². The van der Waals surface area contributed by atoms with Crippen LogP contribution in [-0.4, -0.2) is 17.6 Å². The van der Waals surface area contributed by atoms with Crippen LogP contribution in [0, 0.1) is 6.92 Å². The summed E-state index contributed by atoms with van der Waals surface area (Å²) in [7, 11) is 1.59. The SMILES string of the molecule is COc1ccccc1CNC(=O)Cn1cccc(C)c1=O. The van der Waals surface area contributed by atoms with E-state index in [0.29, 0.717) is 12.1 Å². The fourth-order valence-electron chi connectivity index (χ4n) is 2.03. The fourth-order valence-corrected chi connectivity index (χ4v) is 2.03. The molecule has 1 N–H and O–H groups in total. The number of rotatable bonds is 5. The molecule has 0 saturated heterocycles. The van der Waals surface area contributed by atoms with Crippen molar-refractivity contribution in [3.05, 3.63) is 64.1 Å². The first-order valence-electron chi connectivity index (χ1n) is 6.66. The maximum atomic E-state index is 11.9. The number of benzene rings is 1. The first kappa shape index (κ1) is 14.8. The number of methoxy groups -OCH3 is 1. The second kappa shape index (κ2) is 6.74. The molecule has 0 saturated carbocycles. The van der Waals surface area contributed by atoms with Gasteiger partial charge in [-0.2, -0.15) is 0 Å². The van der Waals surface area contributed by atoms with E-state index in [1.165, 1.54) is 4.57 Å². The fraction of sp³-hybridized carbons (Fsp3) is 0.250. The van der Waals surface area contributed by atoms with Crippen LogP contribution in [0.25, 0.3) is 0 Å². The van der Waals surface area contributed by atoms with Gasteiger partial charge in [0.25, 0.3) is 5.56 Å². The van der Waals surface area contributed by atoms with Crippen LogP contribution in [0.5, 0.6) is 5.75 Å². The van der Waals surface area contributed by atoms with Crippen molar-refractivity contribution in [2.45, 2.75) is 20.0 Å². The summed E-state index contributed by atoms with van der Waals surface area (Å²) in [6.45, 7) is 2.10. The number of hydrogen-bond donors (Lipinski definition) is 1. The summed E-state index contributed by atoms with van der Waals surface area (Å²) in [5.41, 5.74) is 1.37. The second-order valence-corrected chi connectivity index (χ2v) is 4.71. The van der Waals surface area contributed by atoms with Gasteiger partial charge in [-0.05, 0) is 19.1 Å². The lowest BCUT2D eigenvalue weighted by atomic mass is 10.2. The lowest BCUT2D eigenvalue weighted by Crippen LogP contribution is -2.32. The van der Waals surface area contributed by atoms with Crippen LogP contribution in [0.3, 0.4) is 0 Å². The van der Waals surface area contributed by atoms with Gasteiger partial charge in [-0.3, -0.25) is 9.59 Å². The molecule has 0 bridgehead atoms. The van der Waals surface area contributed by atoms with Gasteiger partial charge in [-0.1, -0.05) is 24.3 Å². The highest BCUT2D eigenvalue weighted by atomic mass is 16.5. The summed E-state index contributed by atoms with van der Waals surface area (Å²) < 4.78 is 6.62. The van der Waals surface area contributed by atoms with Crippen molar-refractivity contribution in [1.29, 1.82) is 0 Å². The Kier molecular flexibility index (Phi) is 4.77. The van der Waals surface area contributed by atoms with Crippen LogP contribution in [-0.2, 0) is 17.9 Å². The molecule has 2 rings (SSSR count). The van der Waals surface area contributed by atoms with Crippen LogP contribution in [0.2, 0.25) is 0 Å². The lowest BCUT2D eigenvalue weighted by Gasteiger charge is -2.10. The zero-order chi connectivity index (χ0) is 15.2. The molecule has 0 aliphatic heterocycles. The molecular formula is C16H18N2O3. The van der Waals surface area contributed by atoms with Crippen LogP contribution < -0.4 is 15.6 Å². The molecule has 110 valence electrons. The van der Waals surface area contributed by atoms with Crippen LogP contribution >= 0.6 is 0 Å². The highest BCUT2D eigenvalue weighted by Crippen LogP contribution is 2.16. The van der Waals surface area contributed by atoms with Gasteiger partial charge in [0.15, 0.2) is 0 Å². The number of nitrogens with zero attached hydrogens (tertiary/aromatic N) is 1. The molecular weight excluding hydrogens is 268 g/mol. The zero-order valence-electron chi connectivity index (χ0n) is 12.1. The zero-order valence-corrected chi connectivity index (χ0v) is 12.1. The first-order chi connectivity index (χ1) is 10.1. The Hall–Kier alpha value is -2.56. The molecule has 0 spiro atoms. The van der Waals surface area contributed by atoms with Crippen molar-refractivity contribution in [2.75, 3.05) is 7.11 Å². The number of aryl methyl sites for hydroxylation is 1. The summed E-state index contributed by atoms with van der Waals surface area (Å²) in [5, 5.41) is 2.79. The maximum Gasteiger partial charge on any atom is 0.253 e. The molecule has 1 aromatic carbocycles. The summed E-state index contributed by atoms with van der Waals surface area (Å²) in [6.07, 6.45) is 1.61. The minimum Gasteiger partial charge on any atom is -0.496 e. The Morgan fingerprint density at radius 1 is 1.24 bits per heavy atom. The summed E-state index contributed by atoms with van der Waals surface area (Å²) in [6, 6.07) is 11.0. The van der Waals surface area contributed by atoms with Gasteiger partial charge in [-0.25, -0.2) is 0 Å². The number of hydrogen-bond acceptors (Lipinski definition) is 3. The molecule has 0 aliphatic carbocycles. The average molecular weight is 286 g/mol. The Morgan fingerprint density at radius 3 is 2.76 bits per heavy atom. The summed E-state index contributed by atoms with van der Waals surface area (Å²) in [5.74, 6) is 0.513. The van der Waals surface area contributed by atoms with Gasteiger partial charge in [0.1, 0.15) is 12.3 Å². The number of carbonyl (C=O) groups is 1. The molecule has 1 heterocycles. The molecule has 5 nitrogen and oxygen atoms in total. The molecule has 0 aliphatic rings. The Morgan fingerprint density at radius 2 is 2.00 bits per heavy atom. The minimum atomic E-state index is -0.214. The monoisotopic (exact) mass is 286 g/mol. The summed E-state index contributed by atoms with van der Waals surface area (Å²) in [4.78, 5) is 23.8. The molecule has 1 aromatic heterocycles. The van der Waals surface area contributed by atoms with E-state index in [2.05, 4.69) is 5.32 Å².